The molecule has 0 spiro atoms. The van der Waals surface area contributed by atoms with Gasteiger partial charge in [0.2, 0.25) is 0 Å². The van der Waals surface area contributed by atoms with Gasteiger partial charge in [0, 0.05) is 11.1 Å². The van der Waals surface area contributed by atoms with E-state index in [0.29, 0.717) is 23.5 Å². The maximum atomic E-state index is 12.1. The fourth-order valence-corrected chi connectivity index (χ4v) is 1.76. The second-order valence-corrected chi connectivity index (χ2v) is 4.27. The number of nitrogens with one attached hydrogen (secondary N) is 1. The zero-order chi connectivity index (χ0) is 14.4. The molecule has 5 nitrogen and oxygen atoms in total. The van der Waals surface area contributed by atoms with Crippen LogP contribution in [0, 0.1) is 6.92 Å². The van der Waals surface area contributed by atoms with Crippen LogP contribution in [0.1, 0.15) is 29.3 Å². The van der Waals surface area contributed by atoms with Crippen LogP contribution in [0.15, 0.2) is 12.1 Å². The van der Waals surface area contributed by atoms with Gasteiger partial charge in [0.1, 0.15) is 11.5 Å². The standard InChI is InChI=1S/C14H21NO4/c1-5-11(8-16)15-14(17)10-6-12(18-3)9(2)13(7-10)19-4/h6-7,11,16H,5,8H2,1-4H3,(H,15,17). The monoisotopic (exact) mass is 267 g/mol. The number of methoxy groups -OCH3 is 2. The molecule has 1 aromatic rings. The number of ether oxygens (including phenoxy) is 2. The first-order valence-electron chi connectivity index (χ1n) is 6.21. The van der Waals surface area contributed by atoms with Crippen molar-refractivity contribution in [3.05, 3.63) is 23.3 Å². The minimum absolute atomic E-state index is 0.0810. The third kappa shape index (κ3) is 3.61. The molecule has 1 aromatic carbocycles. The minimum Gasteiger partial charge on any atom is -0.496 e. The number of amides is 1. The smallest absolute Gasteiger partial charge is 0.251 e. The first-order valence-corrected chi connectivity index (χ1v) is 6.21. The van der Waals surface area contributed by atoms with Gasteiger partial charge in [-0.25, -0.2) is 0 Å². The van der Waals surface area contributed by atoms with Gasteiger partial charge in [-0.2, -0.15) is 0 Å². The van der Waals surface area contributed by atoms with Crippen molar-refractivity contribution in [2.75, 3.05) is 20.8 Å². The van der Waals surface area contributed by atoms with Crippen molar-refractivity contribution >= 4 is 5.91 Å². The molecule has 0 aliphatic carbocycles. The zero-order valence-electron chi connectivity index (χ0n) is 11.8. The van der Waals surface area contributed by atoms with E-state index < -0.39 is 0 Å². The van der Waals surface area contributed by atoms with Crippen molar-refractivity contribution in [2.24, 2.45) is 0 Å². The Labute approximate surface area is 113 Å². The highest BCUT2D eigenvalue weighted by molar-refractivity contribution is 5.95. The van der Waals surface area contributed by atoms with Crippen molar-refractivity contribution in [1.82, 2.24) is 5.32 Å². The Bertz CT molecular complexity index is 416. The van der Waals surface area contributed by atoms with Crippen molar-refractivity contribution in [3.8, 4) is 11.5 Å². The quantitative estimate of drug-likeness (QED) is 0.820. The van der Waals surface area contributed by atoms with Crippen molar-refractivity contribution in [3.63, 3.8) is 0 Å². The molecular formula is C14H21NO4. The molecule has 1 unspecified atom stereocenters. The molecule has 5 heteroatoms. The number of carbonyl (C=O) groups excluding carboxylic acids is 1. The molecule has 0 saturated carbocycles. The van der Waals surface area contributed by atoms with E-state index >= 15 is 0 Å². The summed E-state index contributed by atoms with van der Waals surface area (Å²) in [6, 6.07) is 3.08. The molecule has 0 fully saturated rings. The Morgan fingerprint density at radius 3 is 2.21 bits per heavy atom. The highest BCUT2D eigenvalue weighted by atomic mass is 16.5. The van der Waals surface area contributed by atoms with Gasteiger partial charge >= 0.3 is 0 Å². The van der Waals surface area contributed by atoms with E-state index in [0.717, 1.165) is 5.56 Å². The van der Waals surface area contributed by atoms with Gasteiger partial charge in [0.05, 0.1) is 26.9 Å². The summed E-state index contributed by atoms with van der Waals surface area (Å²) in [5.41, 5.74) is 1.29. The molecule has 1 atom stereocenters. The zero-order valence-corrected chi connectivity index (χ0v) is 11.8. The van der Waals surface area contributed by atoms with Gasteiger partial charge in [-0.15, -0.1) is 0 Å². The summed E-state index contributed by atoms with van der Waals surface area (Å²) < 4.78 is 10.5. The third-order valence-electron chi connectivity index (χ3n) is 3.06. The number of rotatable bonds is 6. The maximum Gasteiger partial charge on any atom is 0.251 e. The van der Waals surface area contributed by atoms with Crippen LogP contribution in [-0.4, -0.2) is 37.9 Å². The number of aliphatic hydroxyl groups excluding tert-OH is 1. The molecule has 106 valence electrons. The molecule has 0 saturated heterocycles. The largest absolute Gasteiger partial charge is 0.496 e. The van der Waals surface area contributed by atoms with Gasteiger partial charge in [0.15, 0.2) is 0 Å². The molecule has 0 aliphatic heterocycles. The molecule has 1 rings (SSSR count). The lowest BCUT2D eigenvalue weighted by Gasteiger charge is -2.16. The van der Waals surface area contributed by atoms with Gasteiger partial charge in [-0.05, 0) is 25.5 Å². The van der Waals surface area contributed by atoms with Crippen LogP contribution >= 0.6 is 0 Å². The summed E-state index contributed by atoms with van der Waals surface area (Å²) in [6.07, 6.45) is 0.669. The summed E-state index contributed by atoms with van der Waals surface area (Å²) in [5, 5.41) is 11.9. The van der Waals surface area contributed by atoms with Gasteiger partial charge in [-0.3, -0.25) is 4.79 Å². The van der Waals surface area contributed by atoms with Crippen LogP contribution in [-0.2, 0) is 0 Å². The minimum atomic E-state index is -0.252. The fourth-order valence-electron chi connectivity index (χ4n) is 1.76. The number of aliphatic hydroxyl groups is 1. The highest BCUT2D eigenvalue weighted by Gasteiger charge is 2.15. The molecule has 0 aliphatic rings. The third-order valence-corrected chi connectivity index (χ3v) is 3.06. The van der Waals surface area contributed by atoms with Gasteiger partial charge < -0.3 is 19.9 Å². The lowest BCUT2D eigenvalue weighted by molar-refractivity contribution is 0.0914. The molecule has 2 N–H and O–H groups in total. The van der Waals surface area contributed by atoms with Crippen LogP contribution in [0.3, 0.4) is 0 Å². The average molecular weight is 267 g/mol. The Balaban J connectivity index is 3.03. The SMILES string of the molecule is CCC(CO)NC(=O)c1cc(OC)c(C)c(OC)c1. The summed E-state index contributed by atoms with van der Waals surface area (Å²) in [5.74, 6) is 0.945. The summed E-state index contributed by atoms with van der Waals surface area (Å²) in [4.78, 5) is 12.1. The second-order valence-electron chi connectivity index (χ2n) is 4.27. The van der Waals surface area contributed by atoms with E-state index in [2.05, 4.69) is 5.32 Å². The van der Waals surface area contributed by atoms with Crippen LogP contribution in [0.25, 0.3) is 0 Å². The van der Waals surface area contributed by atoms with E-state index in [9.17, 15) is 4.79 Å². The Kier molecular flexibility index (Phi) is 5.63. The molecule has 1 amide bonds. The van der Waals surface area contributed by atoms with Crippen LogP contribution in [0.2, 0.25) is 0 Å². The van der Waals surface area contributed by atoms with Crippen molar-refractivity contribution in [1.29, 1.82) is 0 Å². The second kappa shape index (κ2) is 6.99. The average Bonchev–Trinajstić information content (AvgIpc) is 2.44. The van der Waals surface area contributed by atoms with E-state index in [-0.39, 0.29) is 18.6 Å². The number of hydrogen-bond donors (Lipinski definition) is 2. The molecule has 0 heterocycles. The Morgan fingerprint density at radius 2 is 1.84 bits per heavy atom. The Morgan fingerprint density at radius 1 is 1.32 bits per heavy atom. The summed E-state index contributed by atoms with van der Waals surface area (Å²) >= 11 is 0. The van der Waals surface area contributed by atoms with E-state index in [1.54, 1.807) is 26.4 Å². The van der Waals surface area contributed by atoms with E-state index in [1.807, 2.05) is 13.8 Å². The molecular weight excluding hydrogens is 246 g/mol. The first-order chi connectivity index (χ1) is 9.07. The van der Waals surface area contributed by atoms with Crippen molar-refractivity contribution < 1.29 is 19.4 Å². The summed E-state index contributed by atoms with van der Waals surface area (Å²) in [6.45, 7) is 3.68. The number of hydrogen-bond acceptors (Lipinski definition) is 4. The maximum absolute atomic E-state index is 12.1. The normalized spacial score (nSPS) is 11.8. The summed E-state index contributed by atoms with van der Waals surface area (Å²) in [7, 11) is 3.10. The van der Waals surface area contributed by atoms with E-state index in [1.165, 1.54) is 0 Å². The van der Waals surface area contributed by atoms with Crippen LogP contribution < -0.4 is 14.8 Å². The first kappa shape index (κ1) is 15.3. The number of benzene rings is 1. The predicted octanol–water partition coefficient (Wildman–Crippen LogP) is 1.51. The molecule has 0 radical (unpaired) electrons. The van der Waals surface area contributed by atoms with E-state index in [4.69, 9.17) is 14.6 Å². The molecule has 0 bridgehead atoms. The van der Waals surface area contributed by atoms with Crippen LogP contribution in [0.4, 0.5) is 0 Å². The van der Waals surface area contributed by atoms with Gasteiger partial charge in [-0.1, -0.05) is 6.92 Å². The fraction of sp³-hybridized carbons (Fsp3) is 0.500. The number of carbonyl (C=O) groups is 1. The van der Waals surface area contributed by atoms with Gasteiger partial charge in [0.25, 0.3) is 5.91 Å². The van der Waals surface area contributed by atoms with Crippen LogP contribution in [0.5, 0.6) is 11.5 Å². The highest BCUT2D eigenvalue weighted by Crippen LogP contribution is 2.29. The topological polar surface area (TPSA) is 67.8 Å². The lowest BCUT2D eigenvalue weighted by atomic mass is 10.1. The molecule has 19 heavy (non-hydrogen) atoms. The van der Waals surface area contributed by atoms with Crippen molar-refractivity contribution in [2.45, 2.75) is 26.3 Å². The molecule has 0 aromatic heterocycles. The Hall–Kier alpha value is -1.75. The lowest BCUT2D eigenvalue weighted by Crippen LogP contribution is -2.36. The predicted molar refractivity (Wildman–Crippen MR) is 72.9 cm³/mol.